The van der Waals surface area contributed by atoms with Crippen LogP contribution in [0.3, 0.4) is 0 Å². The van der Waals surface area contributed by atoms with Gasteiger partial charge in [0.05, 0.1) is 6.61 Å². The Kier molecular flexibility index (Phi) is 8.33. The second-order valence-electron chi connectivity index (χ2n) is 6.90. The fourth-order valence-corrected chi connectivity index (χ4v) is 3.12. The normalized spacial score (nSPS) is 13.0. The number of anilines is 1. The number of carbonyl (C=O) groups excluding carboxylic acids is 1. The largest absolute Gasteiger partial charge is 0.491 e. The summed E-state index contributed by atoms with van der Waals surface area (Å²) >= 11 is 0. The van der Waals surface area contributed by atoms with Gasteiger partial charge in [0.25, 0.3) is 0 Å². The Labute approximate surface area is 185 Å². The summed E-state index contributed by atoms with van der Waals surface area (Å²) in [4.78, 5) is 23.2. The summed E-state index contributed by atoms with van der Waals surface area (Å²) in [7, 11) is 0. The maximum absolute atomic E-state index is 12.6. The smallest absolute Gasteiger partial charge is 0.412 e. The van der Waals surface area contributed by atoms with E-state index in [2.05, 4.69) is 5.32 Å². The molecule has 0 spiro atoms. The number of fused-ring (bicyclic) bond motifs is 1. The molecule has 1 heterocycles. The first-order chi connectivity index (χ1) is 15.5. The number of amides is 1. The number of aliphatic carboxylic acids is 1. The van der Waals surface area contributed by atoms with Crippen LogP contribution < -0.4 is 19.5 Å². The van der Waals surface area contributed by atoms with E-state index < -0.39 is 18.2 Å². The van der Waals surface area contributed by atoms with Crippen LogP contribution in [0.25, 0.3) is 0 Å². The summed E-state index contributed by atoms with van der Waals surface area (Å²) in [5.41, 5.74) is 1.23. The molecule has 1 amide bonds. The minimum absolute atomic E-state index is 0.113. The Morgan fingerprint density at radius 3 is 2.81 bits per heavy atom. The number of allylic oxidation sites excluding steroid dienone is 1. The van der Waals surface area contributed by atoms with Gasteiger partial charge in [0.2, 0.25) is 6.79 Å². The molecule has 32 heavy (non-hydrogen) atoms. The van der Waals surface area contributed by atoms with Crippen LogP contribution in [0.2, 0.25) is 0 Å². The van der Waals surface area contributed by atoms with Gasteiger partial charge in [0.15, 0.2) is 11.5 Å². The summed E-state index contributed by atoms with van der Waals surface area (Å²) in [6.07, 6.45) is 3.03. The fourth-order valence-electron chi connectivity index (χ4n) is 3.12. The van der Waals surface area contributed by atoms with E-state index >= 15 is 0 Å². The number of hydrogen-bond acceptors (Lipinski definition) is 7. The Bertz CT molecular complexity index is 959. The van der Waals surface area contributed by atoms with Crippen molar-refractivity contribution >= 4 is 17.7 Å². The molecular weight excluding hydrogens is 418 g/mol. The van der Waals surface area contributed by atoms with Crippen molar-refractivity contribution in [2.75, 3.05) is 25.3 Å². The number of nitrogens with one attached hydrogen (secondary N) is 1. The van der Waals surface area contributed by atoms with Gasteiger partial charge in [0, 0.05) is 17.8 Å². The van der Waals surface area contributed by atoms with Gasteiger partial charge in [0.1, 0.15) is 18.5 Å². The molecule has 2 aromatic carbocycles. The van der Waals surface area contributed by atoms with Gasteiger partial charge in [-0.25, -0.2) is 9.59 Å². The Morgan fingerprint density at radius 2 is 2.00 bits per heavy atom. The Hall–Kier alpha value is -3.72. The minimum atomic E-state index is -1.00. The van der Waals surface area contributed by atoms with Crippen LogP contribution in [0.15, 0.2) is 54.6 Å². The molecule has 0 bridgehead atoms. The average molecular weight is 443 g/mol. The zero-order chi connectivity index (χ0) is 22.8. The van der Waals surface area contributed by atoms with Crippen LogP contribution in [0.1, 0.15) is 30.9 Å². The number of unbranched alkanes of at least 4 members (excludes halogenated alkanes) is 1. The topological polar surface area (TPSA) is 124 Å². The van der Waals surface area contributed by atoms with E-state index in [1.807, 2.05) is 6.07 Å². The summed E-state index contributed by atoms with van der Waals surface area (Å²) in [5.74, 6) is 0.691. The van der Waals surface area contributed by atoms with E-state index in [0.717, 1.165) is 11.6 Å². The van der Waals surface area contributed by atoms with Crippen LogP contribution in [0.4, 0.5) is 10.5 Å². The highest BCUT2D eigenvalue weighted by molar-refractivity contribution is 5.85. The van der Waals surface area contributed by atoms with Gasteiger partial charge >= 0.3 is 12.1 Å². The van der Waals surface area contributed by atoms with Gasteiger partial charge in [-0.3, -0.25) is 5.32 Å². The van der Waals surface area contributed by atoms with Crippen molar-refractivity contribution in [1.29, 1.82) is 0 Å². The van der Waals surface area contributed by atoms with Crippen LogP contribution in [0.5, 0.6) is 17.2 Å². The van der Waals surface area contributed by atoms with Crippen molar-refractivity contribution in [3.63, 3.8) is 0 Å². The lowest BCUT2D eigenvalue weighted by Crippen LogP contribution is -2.18. The number of hydrogen-bond donors (Lipinski definition) is 3. The molecule has 0 fully saturated rings. The first kappa shape index (κ1) is 23.0. The standard InChI is InChI=1S/C23H25NO8/c25-11-12-29-18-6-4-5-16(13-18)19(7-2-1-3-8-22(26)27)32-23(28)24-17-9-10-20-21(14-17)31-15-30-20/h3-6,8-10,13-14,19,25H,1-2,7,11-12,15H2,(H,24,28)(H,26,27)/b8-3+/t19-/m0/s1. The molecule has 0 radical (unpaired) electrons. The monoisotopic (exact) mass is 443 g/mol. The molecule has 9 nitrogen and oxygen atoms in total. The number of benzene rings is 2. The highest BCUT2D eigenvalue weighted by atomic mass is 16.7. The highest BCUT2D eigenvalue weighted by Gasteiger charge is 2.19. The summed E-state index contributed by atoms with van der Waals surface area (Å²) in [5, 5.41) is 20.4. The van der Waals surface area contributed by atoms with Gasteiger partial charge < -0.3 is 29.2 Å². The van der Waals surface area contributed by atoms with Crippen LogP contribution in [-0.4, -0.2) is 42.3 Å². The molecule has 1 atom stereocenters. The van der Waals surface area contributed by atoms with E-state index in [1.165, 1.54) is 0 Å². The number of carboxylic acid groups (broad SMARTS) is 1. The van der Waals surface area contributed by atoms with Crippen LogP contribution in [-0.2, 0) is 9.53 Å². The molecule has 3 N–H and O–H groups in total. The second-order valence-corrected chi connectivity index (χ2v) is 6.90. The van der Waals surface area contributed by atoms with Crippen molar-refractivity contribution < 1.29 is 38.7 Å². The summed E-state index contributed by atoms with van der Waals surface area (Å²) in [6.45, 7) is 0.174. The van der Waals surface area contributed by atoms with E-state index in [0.29, 0.717) is 42.2 Å². The van der Waals surface area contributed by atoms with E-state index in [-0.39, 0.29) is 20.0 Å². The number of carbonyl (C=O) groups is 2. The molecule has 0 aromatic heterocycles. The van der Waals surface area contributed by atoms with E-state index in [9.17, 15) is 9.59 Å². The van der Waals surface area contributed by atoms with Crippen molar-refractivity contribution in [2.24, 2.45) is 0 Å². The third-order valence-corrected chi connectivity index (χ3v) is 4.56. The molecule has 3 rings (SSSR count). The molecule has 0 aliphatic carbocycles. The molecule has 0 saturated carbocycles. The minimum Gasteiger partial charge on any atom is -0.491 e. The Balaban J connectivity index is 1.66. The third kappa shape index (κ3) is 6.92. The molecule has 0 unspecified atom stereocenters. The number of carboxylic acids is 1. The number of aliphatic hydroxyl groups excluding tert-OH is 1. The zero-order valence-corrected chi connectivity index (χ0v) is 17.4. The molecule has 2 aromatic rings. The maximum Gasteiger partial charge on any atom is 0.412 e. The first-order valence-electron chi connectivity index (χ1n) is 10.2. The van der Waals surface area contributed by atoms with Crippen molar-refractivity contribution in [3.05, 3.63) is 60.2 Å². The highest BCUT2D eigenvalue weighted by Crippen LogP contribution is 2.34. The lowest BCUT2D eigenvalue weighted by Gasteiger charge is -2.19. The van der Waals surface area contributed by atoms with Crippen molar-refractivity contribution in [2.45, 2.75) is 25.4 Å². The van der Waals surface area contributed by atoms with Crippen LogP contribution in [0, 0.1) is 0 Å². The van der Waals surface area contributed by atoms with Crippen molar-refractivity contribution in [1.82, 2.24) is 0 Å². The van der Waals surface area contributed by atoms with Gasteiger partial charge in [-0.2, -0.15) is 0 Å². The molecule has 1 aliphatic rings. The molecule has 0 saturated heterocycles. The van der Waals surface area contributed by atoms with Gasteiger partial charge in [-0.05, 0) is 49.1 Å². The number of rotatable bonds is 11. The predicted molar refractivity (Wildman–Crippen MR) is 115 cm³/mol. The van der Waals surface area contributed by atoms with Crippen LogP contribution >= 0.6 is 0 Å². The van der Waals surface area contributed by atoms with E-state index in [1.54, 1.807) is 42.5 Å². The quantitative estimate of drug-likeness (QED) is 0.353. The number of ether oxygens (including phenoxy) is 4. The molecule has 9 heteroatoms. The summed E-state index contributed by atoms with van der Waals surface area (Å²) < 4.78 is 21.7. The fraction of sp³-hybridized carbons (Fsp3) is 0.304. The van der Waals surface area contributed by atoms with E-state index in [4.69, 9.17) is 29.2 Å². The van der Waals surface area contributed by atoms with Crippen molar-refractivity contribution in [3.8, 4) is 17.2 Å². The molecular formula is C23H25NO8. The predicted octanol–water partition coefficient (Wildman–Crippen LogP) is 3.89. The lowest BCUT2D eigenvalue weighted by atomic mass is 10.0. The van der Waals surface area contributed by atoms with Gasteiger partial charge in [-0.1, -0.05) is 18.2 Å². The SMILES string of the molecule is O=C(O)/C=C/CCC[C@H](OC(=O)Nc1ccc2c(c1)OCO2)c1cccc(OCCO)c1. The average Bonchev–Trinajstić information content (AvgIpc) is 3.24. The first-order valence-corrected chi connectivity index (χ1v) is 10.2. The van der Waals surface area contributed by atoms with Gasteiger partial charge in [-0.15, -0.1) is 0 Å². The molecule has 1 aliphatic heterocycles. The number of aliphatic hydroxyl groups is 1. The zero-order valence-electron chi connectivity index (χ0n) is 17.4. The maximum atomic E-state index is 12.6. The lowest BCUT2D eigenvalue weighted by molar-refractivity contribution is -0.131. The molecule has 170 valence electrons. The third-order valence-electron chi connectivity index (χ3n) is 4.56. The second kappa shape index (κ2) is 11.6. The Morgan fingerprint density at radius 1 is 1.16 bits per heavy atom. The summed E-state index contributed by atoms with van der Waals surface area (Å²) in [6, 6.07) is 12.1.